The lowest BCUT2D eigenvalue weighted by molar-refractivity contribution is 0.373. The topological polar surface area (TPSA) is 12.0 Å². The molecule has 1 aromatic rings. The SMILES string of the molecule is CC(F)c1cc2c(cc1Br)CCCN2. The van der Waals surface area contributed by atoms with Crippen LogP contribution in [-0.4, -0.2) is 6.54 Å². The zero-order valence-electron chi connectivity index (χ0n) is 8.11. The van der Waals surface area contributed by atoms with Gasteiger partial charge in [-0.1, -0.05) is 15.9 Å². The number of hydrogen-bond acceptors (Lipinski definition) is 1. The molecule has 1 unspecified atom stereocenters. The van der Waals surface area contributed by atoms with Gasteiger partial charge in [-0.25, -0.2) is 4.39 Å². The molecule has 1 atom stereocenters. The Hall–Kier alpha value is -0.570. The zero-order chi connectivity index (χ0) is 10.1. The molecule has 0 saturated heterocycles. The summed E-state index contributed by atoms with van der Waals surface area (Å²) in [6.45, 7) is 2.56. The van der Waals surface area contributed by atoms with Crippen LogP contribution < -0.4 is 5.32 Å². The Morgan fingerprint density at radius 1 is 1.50 bits per heavy atom. The van der Waals surface area contributed by atoms with E-state index in [0.717, 1.165) is 35.1 Å². The highest BCUT2D eigenvalue weighted by molar-refractivity contribution is 9.10. The predicted molar refractivity (Wildman–Crippen MR) is 60.5 cm³/mol. The third-order valence-corrected chi connectivity index (χ3v) is 3.28. The fourth-order valence-corrected chi connectivity index (χ4v) is 2.52. The van der Waals surface area contributed by atoms with Crippen LogP contribution in [0.15, 0.2) is 16.6 Å². The summed E-state index contributed by atoms with van der Waals surface area (Å²) in [7, 11) is 0. The van der Waals surface area contributed by atoms with E-state index < -0.39 is 6.17 Å². The molecule has 1 nitrogen and oxygen atoms in total. The maximum Gasteiger partial charge on any atom is 0.123 e. The number of aryl methyl sites for hydroxylation is 1. The van der Waals surface area contributed by atoms with Gasteiger partial charge in [0.15, 0.2) is 0 Å². The molecule has 0 fully saturated rings. The smallest absolute Gasteiger partial charge is 0.123 e. The Morgan fingerprint density at radius 3 is 3.00 bits per heavy atom. The molecular formula is C11H13BrFN. The normalized spacial score (nSPS) is 17.1. The van der Waals surface area contributed by atoms with Crippen molar-refractivity contribution in [3.63, 3.8) is 0 Å². The molecule has 0 amide bonds. The predicted octanol–water partition coefficient (Wildman–Crippen LogP) is 3.84. The first-order valence-electron chi connectivity index (χ1n) is 4.89. The van der Waals surface area contributed by atoms with Crippen LogP contribution in [0, 0.1) is 0 Å². The van der Waals surface area contributed by atoms with Gasteiger partial charge in [-0.05, 0) is 37.5 Å². The molecule has 2 rings (SSSR count). The number of nitrogens with one attached hydrogen (secondary N) is 1. The van der Waals surface area contributed by atoms with Crippen LogP contribution in [0.25, 0.3) is 0 Å². The molecule has 0 aliphatic carbocycles. The molecular weight excluding hydrogens is 245 g/mol. The molecule has 0 spiro atoms. The number of benzene rings is 1. The minimum Gasteiger partial charge on any atom is -0.385 e. The highest BCUT2D eigenvalue weighted by Crippen LogP contribution is 2.33. The number of fused-ring (bicyclic) bond motifs is 1. The van der Waals surface area contributed by atoms with Gasteiger partial charge in [0.2, 0.25) is 0 Å². The van der Waals surface area contributed by atoms with Crippen molar-refractivity contribution in [1.29, 1.82) is 0 Å². The van der Waals surface area contributed by atoms with E-state index in [9.17, 15) is 4.39 Å². The first-order chi connectivity index (χ1) is 6.68. The summed E-state index contributed by atoms with van der Waals surface area (Å²) < 4.78 is 14.1. The summed E-state index contributed by atoms with van der Waals surface area (Å²) in [4.78, 5) is 0. The second-order valence-corrected chi connectivity index (χ2v) is 4.53. The van der Waals surface area contributed by atoms with Gasteiger partial charge >= 0.3 is 0 Å². The van der Waals surface area contributed by atoms with Crippen molar-refractivity contribution in [1.82, 2.24) is 0 Å². The third kappa shape index (κ3) is 1.78. The minimum absolute atomic E-state index is 0.734. The van der Waals surface area contributed by atoms with E-state index in [1.165, 1.54) is 5.56 Å². The second-order valence-electron chi connectivity index (χ2n) is 3.68. The van der Waals surface area contributed by atoms with Crippen LogP contribution in [0.1, 0.15) is 30.6 Å². The van der Waals surface area contributed by atoms with Crippen molar-refractivity contribution in [2.45, 2.75) is 25.9 Å². The molecule has 0 aromatic heterocycles. The number of halogens is 2. The van der Waals surface area contributed by atoms with E-state index in [1.54, 1.807) is 6.92 Å². The van der Waals surface area contributed by atoms with Gasteiger partial charge in [-0.3, -0.25) is 0 Å². The molecule has 1 aliphatic rings. The Labute approximate surface area is 91.8 Å². The van der Waals surface area contributed by atoms with Crippen LogP contribution in [0.5, 0.6) is 0 Å². The quantitative estimate of drug-likeness (QED) is 0.807. The highest BCUT2D eigenvalue weighted by atomic mass is 79.9. The lowest BCUT2D eigenvalue weighted by Gasteiger charge is -2.20. The molecule has 0 radical (unpaired) electrons. The van der Waals surface area contributed by atoms with E-state index >= 15 is 0 Å². The number of hydrogen-bond donors (Lipinski definition) is 1. The molecule has 1 aliphatic heterocycles. The summed E-state index contributed by atoms with van der Waals surface area (Å²) >= 11 is 3.41. The van der Waals surface area contributed by atoms with Crippen molar-refractivity contribution in [2.24, 2.45) is 0 Å². The number of anilines is 1. The van der Waals surface area contributed by atoms with Crippen LogP contribution in [0.4, 0.5) is 10.1 Å². The first kappa shape index (κ1) is 9.97. The Morgan fingerprint density at radius 2 is 2.29 bits per heavy atom. The Bertz CT molecular complexity index is 349. The van der Waals surface area contributed by atoms with Crippen molar-refractivity contribution in [2.75, 3.05) is 11.9 Å². The van der Waals surface area contributed by atoms with Gasteiger partial charge in [0.1, 0.15) is 6.17 Å². The summed E-state index contributed by atoms with van der Waals surface area (Å²) in [6.07, 6.45) is 1.32. The fraction of sp³-hybridized carbons (Fsp3) is 0.455. The van der Waals surface area contributed by atoms with Crippen LogP contribution in [0.3, 0.4) is 0 Å². The molecule has 1 aromatic carbocycles. The maximum absolute atomic E-state index is 13.2. The molecule has 76 valence electrons. The fourth-order valence-electron chi connectivity index (χ4n) is 1.81. The molecule has 0 saturated carbocycles. The third-order valence-electron chi connectivity index (χ3n) is 2.59. The molecule has 3 heteroatoms. The number of rotatable bonds is 1. The van der Waals surface area contributed by atoms with Crippen molar-refractivity contribution in [3.8, 4) is 0 Å². The maximum atomic E-state index is 13.2. The standard InChI is InChI=1S/C11H13BrFN/c1-7(13)9-6-11-8(5-10(9)12)3-2-4-14-11/h5-7,14H,2-4H2,1H3. The van der Waals surface area contributed by atoms with Gasteiger partial charge in [-0.2, -0.15) is 0 Å². The first-order valence-corrected chi connectivity index (χ1v) is 5.68. The van der Waals surface area contributed by atoms with E-state index in [0.29, 0.717) is 0 Å². The Balaban J connectivity index is 2.45. The summed E-state index contributed by atoms with van der Waals surface area (Å²) in [5, 5.41) is 3.30. The Kier molecular flexibility index (Phi) is 2.77. The van der Waals surface area contributed by atoms with Crippen LogP contribution in [-0.2, 0) is 6.42 Å². The van der Waals surface area contributed by atoms with Crippen LogP contribution in [0.2, 0.25) is 0 Å². The average Bonchev–Trinajstić information content (AvgIpc) is 2.16. The van der Waals surface area contributed by atoms with E-state index in [1.807, 2.05) is 12.1 Å². The van der Waals surface area contributed by atoms with Gasteiger partial charge in [-0.15, -0.1) is 0 Å². The van der Waals surface area contributed by atoms with Gasteiger partial charge in [0.25, 0.3) is 0 Å². The number of alkyl halides is 1. The van der Waals surface area contributed by atoms with Crippen molar-refractivity contribution >= 4 is 21.6 Å². The largest absolute Gasteiger partial charge is 0.385 e. The van der Waals surface area contributed by atoms with E-state index in [-0.39, 0.29) is 0 Å². The van der Waals surface area contributed by atoms with Gasteiger partial charge in [0.05, 0.1) is 0 Å². The summed E-state index contributed by atoms with van der Waals surface area (Å²) in [5.74, 6) is 0. The summed E-state index contributed by atoms with van der Waals surface area (Å²) in [5.41, 5.74) is 3.12. The molecule has 0 bridgehead atoms. The van der Waals surface area contributed by atoms with E-state index in [2.05, 4.69) is 21.2 Å². The lowest BCUT2D eigenvalue weighted by atomic mass is 10.00. The van der Waals surface area contributed by atoms with E-state index in [4.69, 9.17) is 0 Å². The molecule has 1 N–H and O–H groups in total. The highest BCUT2D eigenvalue weighted by Gasteiger charge is 2.14. The monoisotopic (exact) mass is 257 g/mol. The minimum atomic E-state index is -0.918. The molecule has 1 heterocycles. The molecule has 14 heavy (non-hydrogen) atoms. The zero-order valence-corrected chi connectivity index (χ0v) is 9.70. The average molecular weight is 258 g/mol. The summed E-state index contributed by atoms with van der Waals surface area (Å²) in [6, 6.07) is 3.95. The second kappa shape index (κ2) is 3.89. The van der Waals surface area contributed by atoms with Gasteiger partial charge in [0, 0.05) is 22.3 Å². The lowest BCUT2D eigenvalue weighted by Crippen LogP contribution is -2.12. The van der Waals surface area contributed by atoms with Crippen molar-refractivity contribution < 1.29 is 4.39 Å². The van der Waals surface area contributed by atoms with Crippen LogP contribution >= 0.6 is 15.9 Å². The van der Waals surface area contributed by atoms with Crippen molar-refractivity contribution in [3.05, 3.63) is 27.7 Å². The van der Waals surface area contributed by atoms with Gasteiger partial charge < -0.3 is 5.32 Å².